The molecule has 1 atom stereocenters. The summed E-state index contributed by atoms with van der Waals surface area (Å²) in [5, 5.41) is 2.86. The highest BCUT2D eigenvalue weighted by Gasteiger charge is 2.18. The molecule has 120 valence electrons. The maximum atomic E-state index is 12.7. The Bertz CT molecular complexity index is 670. The molecule has 0 bridgehead atoms. The van der Waals surface area contributed by atoms with Crippen LogP contribution in [0, 0.1) is 5.82 Å². The van der Waals surface area contributed by atoms with Gasteiger partial charge in [-0.1, -0.05) is 12.1 Å². The number of benzene rings is 1. The lowest BCUT2D eigenvalue weighted by atomic mass is 10.2. The highest BCUT2D eigenvalue weighted by molar-refractivity contribution is 7.93. The average Bonchev–Trinajstić information content (AvgIpc) is 2.45. The van der Waals surface area contributed by atoms with Crippen LogP contribution in [-0.2, 0) is 19.6 Å². The van der Waals surface area contributed by atoms with Crippen LogP contribution in [0.1, 0.15) is 12.5 Å². The third-order valence-corrected chi connectivity index (χ3v) is 3.41. The van der Waals surface area contributed by atoms with Gasteiger partial charge < -0.3 is 10.1 Å². The number of esters is 1. The number of carbonyl (C=O) groups excluding carboxylic acids is 2. The molecule has 2 N–H and O–H groups in total. The van der Waals surface area contributed by atoms with Crippen molar-refractivity contribution in [3.8, 4) is 0 Å². The summed E-state index contributed by atoms with van der Waals surface area (Å²) in [6.45, 7) is 1.34. The van der Waals surface area contributed by atoms with Crippen LogP contribution in [0.25, 0.3) is 6.08 Å². The van der Waals surface area contributed by atoms with Crippen LogP contribution >= 0.6 is 0 Å². The molecule has 0 fully saturated rings. The largest absolute Gasteiger partial charge is 0.467 e. The van der Waals surface area contributed by atoms with Crippen molar-refractivity contribution in [1.82, 2.24) is 10.0 Å². The van der Waals surface area contributed by atoms with Crippen molar-refractivity contribution in [3.63, 3.8) is 0 Å². The van der Waals surface area contributed by atoms with Crippen LogP contribution in [0.4, 0.5) is 9.18 Å². The Kier molecular flexibility index (Phi) is 6.05. The van der Waals surface area contributed by atoms with E-state index in [1.165, 1.54) is 37.3 Å². The molecule has 7 nitrogen and oxygen atoms in total. The van der Waals surface area contributed by atoms with Gasteiger partial charge in [0.05, 0.1) is 12.5 Å². The average molecular weight is 330 g/mol. The number of ether oxygens (including phenoxy) is 1. The number of sulfonamides is 1. The minimum absolute atomic E-state index is 0.440. The highest BCUT2D eigenvalue weighted by atomic mass is 32.2. The van der Waals surface area contributed by atoms with Crippen LogP contribution in [0.15, 0.2) is 29.7 Å². The summed E-state index contributed by atoms with van der Waals surface area (Å²) in [6.07, 6.45) is 1.19. The number of nitrogens with one attached hydrogen (secondary N) is 2. The number of amides is 2. The summed E-state index contributed by atoms with van der Waals surface area (Å²) >= 11 is 0. The Labute approximate surface area is 127 Å². The maximum absolute atomic E-state index is 12.7. The van der Waals surface area contributed by atoms with E-state index in [9.17, 15) is 22.4 Å². The SMILES string of the molecule is COC(=O)C(C)NC(=O)NS(=O)(=O)/C=C/c1ccc(F)cc1. The lowest BCUT2D eigenvalue weighted by Crippen LogP contribution is -2.46. The number of hydrogen-bond acceptors (Lipinski definition) is 5. The second kappa shape index (κ2) is 7.55. The molecule has 1 unspecified atom stereocenters. The number of methoxy groups -OCH3 is 1. The molecular weight excluding hydrogens is 315 g/mol. The van der Waals surface area contributed by atoms with Crippen LogP contribution in [0.2, 0.25) is 0 Å². The van der Waals surface area contributed by atoms with Gasteiger partial charge in [-0.25, -0.2) is 27.1 Å². The molecule has 0 saturated heterocycles. The molecule has 0 heterocycles. The molecule has 0 spiro atoms. The summed E-state index contributed by atoms with van der Waals surface area (Å²) in [7, 11) is -2.92. The van der Waals surface area contributed by atoms with Gasteiger partial charge in [-0.05, 0) is 30.7 Å². The Morgan fingerprint density at radius 1 is 1.27 bits per heavy atom. The van der Waals surface area contributed by atoms with Gasteiger partial charge in [0.15, 0.2) is 0 Å². The Hall–Kier alpha value is -2.42. The van der Waals surface area contributed by atoms with Crippen molar-refractivity contribution < 1.29 is 27.1 Å². The van der Waals surface area contributed by atoms with Gasteiger partial charge >= 0.3 is 12.0 Å². The minimum Gasteiger partial charge on any atom is -0.467 e. The third kappa shape index (κ3) is 5.92. The summed E-state index contributed by atoms with van der Waals surface area (Å²) in [4.78, 5) is 22.5. The minimum atomic E-state index is -4.06. The fraction of sp³-hybridized carbons (Fsp3) is 0.231. The van der Waals surface area contributed by atoms with Gasteiger partial charge in [0, 0.05) is 0 Å². The van der Waals surface area contributed by atoms with Crippen molar-refractivity contribution in [2.24, 2.45) is 0 Å². The Morgan fingerprint density at radius 2 is 1.86 bits per heavy atom. The fourth-order valence-corrected chi connectivity index (χ4v) is 2.09. The molecular formula is C13H15FN2O5S. The zero-order valence-electron chi connectivity index (χ0n) is 11.9. The highest BCUT2D eigenvalue weighted by Crippen LogP contribution is 2.05. The monoisotopic (exact) mass is 330 g/mol. The molecule has 0 saturated carbocycles. The lowest BCUT2D eigenvalue weighted by molar-refractivity contribution is -0.142. The first-order valence-corrected chi connectivity index (χ1v) is 7.63. The first-order valence-electron chi connectivity index (χ1n) is 6.08. The van der Waals surface area contributed by atoms with Crippen molar-refractivity contribution in [2.45, 2.75) is 13.0 Å². The molecule has 0 aliphatic carbocycles. The molecule has 22 heavy (non-hydrogen) atoms. The van der Waals surface area contributed by atoms with Gasteiger partial charge in [-0.2, -0.15) is 0 Å². The second-order valence-corrected chi connectivity index (χ2v) is 5.79. The van der Waals surface area contributed by atoms with E-state index in [0.29, 0.717) is 5.56 Å². The van der Waals surface area contributed by atoms with Gasteiger partial charge in [0.1, 0.15) is 11.9 Å². The number of carbonyl (C=O) groups is 2. The van der Waals surface area contributed by atoms with Crippen molar-refractivity contribution in [2.75, 3.05) is 7.11 Å². The van der Waals surface area contributed by atoms with Crippen molar-refractivity contribution >= 4 is 28.1 Å². The molecule has 1 aromatic carbocycles. The Morgan fingerprint density at radius 3 is 2.41 bits per heavy atom. The lowest BCUT2D eigenvalue weighted by Gasteiger charge is -2.11. The molecule has 9 heteroatoms. The van der Waals surface area contributed by atoms with E-state index in [2.05, 4.69) is 10.1 Å². The van der Waals surface area contributed by atoms with Crippen LogP contribution in [-0.4, -0.2) is 33.6 Å². The van der Waals surface area contributed by atoms with Gasteiger partial charge in [0.25, 0.3) is 10.0 Å². The molecule has 1 rings (SSSR count). The molecule has 2 amide bonds. The van der Waals surface area contributed by atoms with Crippen molar-refractivity contribution in [3.05, 3.63) is 41.1 Å². The van der Waals surface area contributed by atoms with Crippen LogP contribution in [0.5, 0.6) is 0 Å². The number of urea groups is 1. The smallest absolute Gasteiger partial charge is 0.329 e. The predicted octanol–water partition coefficient (Wildman–Crippen LogP) is 0.987. The van der Waals surface area contributed by atoms with Crippen LogP contribution < -0.4 is 10.0 Å². The molecule has 0 radical (unpaired) electrons. The standard InChI is InChI=1S/C13H15FN2O5S/c1-9(12(17)21-2)15-13(18)16-22(19,20)8-7-10-3-5-11(14)6-4-10/h3-9H,1-2H3,(H2,15,16,18)/b8-7+. The summed E-state index contributed by atoms with van der Waals surface area (Å²) < 4.78 is 42.1. The van der Waals surface area contributed by atoms with Gasteiger partial charge in [-0.3, -0.25) is 0 Å². The Balaban J connectivity index is 2.65. The number of hydrogen-bond donors (Lipinski definition) is 2. The first kappa shape index (κ1) is 17.6. The summed E-state index contributed by atoms with van der Waals surface area (Å²) in [6, 6.07) is 3.03. The normalized spacial score (nSPS) is 12.7. The van der Waals surface area contributed by atoms with Crippen LogP contribution in [0.3, 0.4) is 0 Å². The zero-order chi connectivity index (χ0) is 16.8. The summed E-state index contributed by atoms with van der Waals surface area (Å²) in [5.74, 6) is -1.16. The zero-order valence-corrected chi connectivity index (χ0v) is 12.7. The molecule has 0 aliphatic heterocycles. The van der Waals surface area contributed by atoms with Gasteiger partial charge in [-0.15, -0.1) is 0 Å². The third-order valence-electron chi connectivity index (χ3n) is 2.45. The van der Waals surface area contributed by atoms with E-state index >= 15 is 0 Å². The fourth-order valence-electron chi connectivity index (χ4n) is 1.37. The number of rotatable bonds is 5. The summed E-state index contributed by atoms with van der Waals surface area (Å²) in [5.41, 5.74) is 0.440. The molecule has 1 aromatic rings. The van der Waals surface area contributed by atoms with Gasteiger partial charge in [0.2, 0.25) is 0 Å². The topological polar surface area (TPSA) is 102 Å². The predicted molar refractivity (Wildman–Crippen MR) is 77.5 cm³/mol. The van der Waals surface area contributed by atoms with Crippen molar-refractivity contribution in [1.29, 1.82) is 0 Å². The molecule has 0 aliphatic rings. The molecule has 0 aromatic heterocycles. The van der Waals surface area contributed by atoms with E-state index in [-0.39, 0.29) is 0 Å². The van der Waals surface area contributed by atoms with E-state index in [4.69, 9.17) is 0 Å². The first-order chi connectivity index (χ1) is 10.2. The van der Waals surface area contributed by atoms with E-state index < -0.39 is 33.9 Å². The van der Waals surface area contributed by atoms with E-state index in [1.54, 1.807) is 4.72 Å². The van der Waals surface area contributed by atoms with E-state index in [1.807, 2.05) is 0 Å². The second-order valence-electron chi connectivity index (χ2n) is 4.22. The number of halogens is 1. The maximum Gasteiger partial charge on any atom is 0.329 e. The quantitative estimate of drug-likeness (QED) is 0.784. The van der Waals surface area contributed by atoms with E-state index in [0.717, 1.165) is 12.5 Å².